The van der Waals surface area contributed by atoms with Crippen LogP contribution in [0.3, 0.4) is 0 Å². The maximum Gasteiger partial charge on any atom is 0.434 e. The van der Waals surface area contributed by atoms with Crippen LogP contribution in [0.4, 0.5) is 32.0 Å². The van der Waals surface area contributed by atoms with Crippen LogP contribution in [-0.4, -0.2) is 20.7 Å². The van der Waals surface area contributed by atoms with Crippen molar-refractivity contribution >= 4 is 34.8 Å². The number of anilines is 1. The molecule has 1 N–H and O–H groups in total. The Kier molecular flexibility index (Phi) is 5.70. The Bertz CT molecular complexity index is 1110. The fourth-order valence-corrected chi connectivity index (χ4v) is 2.86. The Hall–Kier alpha value is -2.79. The Morgan fingerprint density at radius 2 is 1.73 bits per heavy atom. The van der Waals surface area contributed by atoms with Gasteiger partial charge >= 0.3 is 12.4 Å². The first kappa shape index (κ1) is 21.9. The molecule has 0 spiro atoms. The molecule has 30 heavy (non-hydrogen) atoms. The first-order valence-electron chi connectivity index (χ1n) is 7.84. The minimum absolute atomic E-state index is 0.0414. The predicted molar refractivity (Wildman–Crippen MR) is 95.8 cm³/mol. The summed E-state index contributed by atoms with van der Waals surface area (Å²) < 4.78 is 79.7. The molecule has 0 unspecified atom stereocenters. The van der Waals surface area contributed by atoms with Crippen LogP contribution in [0.15, 0.2) is 42.7 Å². The molecule has 1 amide bonds. The molecule has 158 valence electrons. The van der Waals surface area contributed by atoms with E-state index in [2.05, 4.69) is 10.1 Å². The molecule has 0 aliphatic rings. The van der Waals surface area contributed by atoms with Crippen molar-refractivity contribution in [1.82, 2.24) is 14.8 Å². The van der Waals surface area contributed by atoms with Gasteiger partial charge in [0.2, 0.25) is 0 Å². The van der Waals surface area contributed by atoms with Crippen molar-refractivity contribution in [3.05, 3.63) is 69.7 Å². The number of nitrogens with zero attached hydrogens (tertiary/aromatic N) is 3. The van der Waals surface area contributed by atoms with Crippen LogP contribution in [-0.2, 0) is 12.4 Å². The molecule has 5 nitrogen and oxygen atoms in total. The molecule has 3 aromatic rings. The molecule has 0 atom stereocenters. The number of amides is 1. The van der Waals surface area contributed by atoms with Gasteiger partial charge in [-0.25, -0.2) is 4.68 Å². The minimum atomic E-state index is -5.05. The van der Waals surface area contributed by atoms with E-state index in [4.69, 9.17) is 23.2 Å². The van der Waals surface area contributed by atoms with E-state index in [1.165, 1.54) is 18.2 Å². The molecule has 0 fully saturated rings. The molecular formula is C17H8Cl2F6N4O. The van der Waals surface area contributed by atoms with E-state index in [0.29, 0.717) is 16.9 Å². The topological polar surface area (TPSA) is 59.8 Å². The Morgan fingerprint density at radius 1 is 1.03 bits per heavy atom. The molecule has 0 aliphatic heterocycles. The second-order valence-electron chi connectivity index (χ2n) is 5.77. The number of halogens is 8. The number of pyridine rings is 1. The van der Waals surface area contributed by atoms with Gasteiger partial charge in [0.15, 0.2) is 5.69 Å². The molecule has 2 aromatic heterocycles. The lowest BCUT2D eigenvalue weighted by atomic mass is 10.2. The third kappa shape index (κ3) is 4.36. The Morgan fingerprint density at radius 3 is 2.37 bits per heavy atom. The van der Waals surface area contributed by atoms with Gasteiger partial charge in [-0.15, -0.1) is 0 Å². The van der Waals surface area contributed by atoms with Crippen LogP contribution in [0, 0.1) is 0 Å². The summed E-state index contributed by atoms with van der Waals surface area (Å²) in [6, 6.07) is 5.37. The van der Waals surface area contributed by atoms with Crippen molar-refractivity contribution in [2.45, 2.75) is 12.4 Å². The Labute approximate surface area is 174 Å². The average molecular weight is 469 g/mol. The largest absolute Gasteiger partial charge is 0.434 e. The lowest BCUT2D eigenvalue weighted by Crippen LogP contribution is -2.21. The molecule has 0 aliphatic carbocycles. The van der Waals surface area contributed by atoms with Gasteiger partial charge in [0.05, 0.1) is 27.5 Å². The number of hydrogen-bond donors (Lipinski definition) is 1. The summed E-state index contributed by atoms with van der Waals surface area (Å²) >= 11 is 11.8. The van der Waals surface area contributed by atoms with Gasteiger partial charge in [-0.2, -0.15) is 31.4 Å². The summed E-state index contributed by atoms with van der Waals surface area (Å²) in [6.07, 6.45) is -8.46. The number of nitrogens with one attached hydrogen (secondary N) is 1. The van der Waals surface area contributed by atoms with Crippen LogP contribution in [0.5, 0.6) is 0 Å². The van der Waals surface area contributed by atoms with Crippen LogP contribution in [0.1, 0.15) is 21.7 Å². The fourth-order valence-electron chi connectivity index (χ4n) is 2.49. The number of alkyl halides is 6. The van der Waals surface area contributed by atoms with Crippen LogP contribution >= 0.6 is 23.2 Å². The normalized spacial score (nSPS) is 12.1. The summed E-state index contributed by atoms with van der Waals surface area (Å²) in [4.78, 5) is 15.5. The van der Waals surface area contributed by atoms with Gasteiger partial charge in [0, 0.05) is 11.9 Å². The number of carbonyl (C=O) groups is 1. The molecule has 3 rings (SSSR count). The highest BCUT2D eigenvalue weighted by Gasteiger charge is 2.41. The van der Waals surface area contributed by atoms with Crippen molar-refractivity contribution in [3.63, 3.8) is 0 Å². The SMILES string of the molecule is O=C(Nc1ccnc(C(F)(F)F)c1)c1cnn(-c2cccc(Cl)c2Cl)c1C(F)(F)F. The first-order valence-corrected chi connectivity index (χ1v) is 8.59. The van der Waals surface area contributed by atoms with E-state index in [9.17, 15) is 31.1 Å². The molecule has 0 radical (unpaired) electrons. The number of aromatic nitrogens is 3. The summed E-state index contributed by atoms with van der Waals surface area (Å²) in [7, 11) is 0. The maximum atomic E-state index is 13.7. The van der Waals surface area contributed by atoms with Crippen molar-refractivity contribution in [1.29, 1.82) is 0 Å². The van der Waals surface area contributed by atoms with E-state index in [-0.39, 0.29) is 15.7 Å². The zero-order valence-electron chi connectivity index (χ0n) is 14.3. The van der Waals surface area contributed by atoms with Gasteiger partial charge in [-0.1, -0.05) is 29.3 Å². The number of carbonyl (C=O) groups excluding carboxylic acids is 1. The highest BCUT2D eigenvalue weighted by molar-refractivity contribution is 6.43. The van der Waals surface area contributed by atoms with E-state index in [0.717, 1.165) is 12.3 Å². The second kappa shape index (κ2) is 7.80. The van der Waals surface area contributed by atoms with E-state index in [1.54, 1.807) is 0 Å². The summed E-state index contributed by atoms with van der Waals surface area (Å²) in [5.41, 5.74) is -4.36. The van der Waals surface area contributed by atoms with Gasteiger partial charge in [-0.3, -0.25) is 9.78 Å². The molecule has 2 heterocycles. The van der Waals surface area contributed by atoms with Crippen molar-refractivity contribution in [2.75, 3.05) is 5.32 Å². The van der Waals surface area contributed by atoms with E-state index in [1.807, 2.05) is 5.32 Å². The minimum Gasteiger partial charge on any atom is -0.322 e. The molecule has 0 saturated carbocycles. The molecule has 0 bridgehead atoms. The fraction of sp³-hybridized carbons (Fsp3) is 0.118. The summed E-state index contributed by atoms with van der Waals surface area (Å²) in [5, 5.41) is 5.28. The highest BCUT2D eigenvalue weighted by Crippen LogP contribution is 2.37. The molecular weight excluding hydrogens is 461 g/mol. The smallest absolute Gasteiger partial charge is 0.322 e. The second-order valence-corrected chi connectivity index (χ2v) is 6.56. The number of hydrogen-bond acceptors (Lipinski definition) is 3. The van der Waals surface area contributed by atoms with Gasteiger partial charge in [0.1, 0.15) is 5.69 Å². The molecule has 13 heteroatoms. The standard InChI is InChI=1S/C17H8Cl2F6N4O/c18-10-2-1-3-11(13(10)19)29-14(17(23,24)25)9(7-27-29)15(30)28-8-4-5-26-12(6-8)16(20,21)22/h1-7H,(H,26,28,30). The van der Waals surface area contributed by atoms with Gasteiger partial charge in [-0.05, 0) is 24.3 Å². The zero-order valence-corrected chi connectivity index (χ0v) is 15.8. The first-order chi connectivity index (χ1) is 13.9. The predicted octanol–water partition coefficient (Wildman–Crippen LogP) is 5.86. The number of benzene rings is 1. The maximum absolute atomic E-state index is 13.7. The molecule has 1 aromatic carbocycles. The van der Waals surface area contributed by atoms with E-state index < -0.39 is 40.9 Å². The lowest BCUT2D eigenvalue weighted by Gasteiger charge is -2.14. The van der Waals surface area contributed by atoms with Gasteiger partial charge < -0.3 is 5.32 Å². The van der Waals surface area contributed by atoms with Crippen LogP contribution in [0.2, 0.25) is 10.0 Å². The quantitative estimate of drug-likeness (QED) is 0.489. The summed E-state index contributed by atoms with van der Waals surface area (Å²) in [6.45, 7) is 0. The average Bonchev–Trinajstić information content (AvgIpc) is 3.09. The Balaban J connectivity index is 2.04. The van der Waals surface area contributed by atoms with Gasteiger partial charge in [0.25, 0.3) is 5.91 Å². The van der Waals surface area contributed by atoms with Crippen LogP contribution < -0.4 is 5.32 Å². The number of rotatable bonds is 3. The summed E-state index contributed by atoms with van der Waals surface area (Å²) in [5.74, 6) is -1.33. The molecule has 0 saturated heterocycles. The zero-order chi connectivity index (χ0) is 22.3. The third-order valence-corrected chi connectivity index (χ3v) is 4.56. The third-order valence-electron chi connectivity index (χ3n) is 3.75. The van der Waals surface area contributed by atoms with E-state index >= 15 is 0 Å². The van der Waals surface area contributed by atoms with Crippen LogP contribution in [0.25, 0.3) is 5.69 Å². The monoisotopic (exact) mass is 468 g/mol. The lowest BCUT2D eigenvalue weighted by molar-refractivity contribution is -0.143. The van der Waals surface area contributed by atoms with Crippen molar-refractivity contribution in [3.8, 4) is 5.69 Å². The highest BCUT2D eigenvalue weighted by atomic mass is 35.5. The van der Waals surface area contributed by atoms with Crippen molar-refractivity contribution in [2.24, 2.45) is 0 Å². The van der Waals surface area contributed by atoms with Crippen molar-refractivity contribution < 1.29 is 31.1 Å².